The lowest BCUT2D eigenvalue weighted by atomic mass is 9.86. The van der Waals surface area contributed by atoms with Crippen molar-refractivity contribution in [3.8, 4) is 0 Å². The van der Waals surface area contributed by atoms with Crippen molar-refractivity contribution < 1.29 is 9.18 Å². The van der Waals surface area contributed by atoms with Gasteiger partial charge in [0, 0.05) is 25.1 Å². The van der Waals surface area contributed by atoms with Crippen LogP contribution in [0.4, 0.5) is 10.2 Å². The molecule has 1 N–H and O–H groups in total. The molecule has 7 heteroatoms. The van der Waals surface area contributed by atoms with Crippen LogP contribution in [0.15, 0.2) is 46.9 Å². The SMILES string of the molecule is C=CCSc1nc(=O)c2c(n1C)NC(=O)C[C@H]2c1ccccc1F. The van der Waals surface area contributed by atoms with Crippen LogP contribution in [0.1, 0.15) is 23.5 Å². The molecule has 1 aliphatic rings. The molecule has 0 bridgehead atoms. The molecule has 2 aromatic rings. The average molecular weight is 345 g/mol. The summed E-state index contributed by atoms with van der Waals surface area (Å²) in [5.74, 6) is -0.360. The van der Waals surface area contributed by atoms with E-state index in [1.165, 1.54) is 17.8 Å². The number of nitrogens with one attached hydrogen (secondary N) is 1. The number of hydrogen-bond donors (Lipinski definition) is 1. The molecule has 2 heterocycles. The van der Waals surface area contributed by atoms with Crippen molar-refractivity contribution in [3.63, 3.8) is 0 Å². The first-order chi connectivity index (χ1) is 11.5. The van der Waals surface area contributed by atoms with Crippen molar-refractivity contribution in [1.82, 2.24) is 9.55 Å². The molecular formula is C17H16FN3O2S. The monoisotopic (exact) mass is 345 g/mol. The first-order valence-electron chi connectivity index (χ1n) is 7.41. The number of nitrogens with zero attached hydrogens (tertiary/aromatic N) is 2. The van der Waals surface area contributed by atoms with E-state index < -0.39 is 17.3 Å². The summed E-state index contributed by atoms with van der Waals surface area (Å²) >= 11 is 1.34. The van der Waals surface area contributed by atoms with Gasteiger partial charge in [-0.2, -0.15) is 4.98 Å². The lowest BCUT2D eigenvalue weighted by molar-refractivity contribution is -0.116. The maximum Gasteiger partial charge on any atom is 0.279 e. The van der Waals surface area contributed by atoms with Gasteiger partial charge in [-0.05, 0) is 11.6 Å². The van der Waals surface area contributed by atoms with Crippen LogP contribution in [0, 0.1) is 5.82 Å². The second-order valence-electron chi connectivity index (χ2n) is 5.45. The van der Waals surface area contributed by atoms with Crippen LogP contribution in [0.3, 0.4) is 0 Å². The normalized spacial score (nSPS) is 16.4. The minimum Gasteiger partial charge on any atom is -0.312 e. The van der Waals surface area contributed by atoms with E-state index in [4.69, 9.17) is 0 Å². The Kier molecular flexibility index (Phi) is 4.53. The van der Waals surface area contributed by atoms with Gasteiger partial charge in [-0.25, -0.2) is 4.39 Å². The topological polar surface area (TPSA) is 64.0 Å². The number of benzene rings is 1. The Bertz CT molecular complexity index is 879. The van der Waals surface area contributed by atoms with Gasteiger partial charge in [0.15, 0.2) is 5.16 Å². The van der Waals surface area contributed by atoms with Crippen molar-refractivity contribution in [1.29, 1.82) is 0 Å². The lowest BCUT2D eigenvalue weighted by Gasteiger charge is -2.27. The highest BCUT2D eigenvalue weighted by Gasteiger charge is 2.33. The van der Waals surface area contributed by atoms with Crippen LogP contribution in [0.2, 0.25) is 0 Å². The van der Waals surface area contributed by atoms with Gasteiger partial charge < -0.3 is 9.88 Å². The number of amides is 1. The quantitative estimate of drug-likeness (QED) is 0.526. The molecule has 24 heavy (non-hydrogen) atoms. The molecule has 0 saturated heterocycles. The van der Waals surface area contributed by atoms with Gasteiger partial charge >= 0.3 is 0 Å². The van der Waals surface area contributed by atoms with E-state index >= 15 is 0 Å². The Morgan fingerprint density at radius 1 is 1.46 bits per heavy atom. The fraction of sp³-hybridized carbons (Fsp3) is 0.235. The highest BCUT2D eigenvalue weighted by Crippen LogP contribution is 2.36. The first-order valence-corrected chi connectivity index (χ1v) is 8.40. The molecule has 0 saturated carbocycles. The molecule has 0 radical (unpaired) electrons. The molecule has 1 amide bonds. The molecule has 0 unspecified atom stereocenters. The molecule has 3 rings (SSSR count). The number of thioether (sulfide) groups is 1. The average Bonchev–Trinajstić information content (AvgIpc) is 2.56. The Balaban J connectivity index is 2.18. The molecule has 124 valence electrons. The lowest BCUT2D eigenvalue weighted by Crippen LogP contribution is -2.33. The highest BCUT2D eigenvalue weighted by molar-refractivity contribution is 7.99. The Labute approximate surface area is 142 Å². The summed E-state index contributed by atoms with van der Waals surface area (Å²) < 4.78 is 15.9. The predicted molar refractivity (Wildman–Crippen MR) is 91.9 cm³/mol. The number of halogens is 1. The first kappa shape index (κ1) is 16.4. The van der Waals surface area contributed by atoms with E-state index in [1.54, 1.807) is 35.9 Å². The third-order valence-electron chi connectivity index (χ3n) is 3.91. The van der Waals surface area contributed by atoms with Crippen molar-refractivity contribution in [2.45, 2.75) is 17.5 Å². The van der Waals surface area contributed by atoms with Crippen LogP contribution in [-0.4, -0.2) is 21.2 Å². The van der Waals surface area contributed by atoms with Gasteiger partial charge in [-0.3, -0.25) is 9.59 Å². The van der Waals surface area contributed by atoms with Gasteiger partial charge in [0.25, 0.3) is 5.56 Å². The molecular weight excluding hydrogens is 329 g/mol. The number of rotatable bonds is 4. The van der Waals surface area contributed by atoms with E-state index in [-0.39, 0.29) is 12.3 Å². The van der Waals surface area contributed by atoms with Crippen molar-refractivity contribution >= 4 is 23.5 Å². The predicted octanol–water partition coefficient (Wildman–Crippen LogP) is 2.67. The summed E-state index contributed by atoms with van der Waals surface area (Å²) in [5.41, 5.74) is 0.215. The van der Waals surface area contributed by atoms with E-state index in [0.717, 1.165) is 0 Å². The third-order valence-corrected chi connectivity index (χ3v) is 4.94. The second kappa shape index (κ2) is 6.60. The smallest absolute Gasteiger partial charge is 0.279 e. The van der Waals surface area contributed by atoms with Gasteiger partial charge in [0.1, 0.15) is 11.6 Å². The largest absolute Gasteiger partial charge is 0.312 e. The van der Waals surface area contributed by atoms with E-state index in [1.807, 2.05) is 0 Å². The molecule has 0 fully saturated rings. The number of carbonyl (C=O) groups excluding carboxylic acids is 1. The summed E-state index contributed by atoms with van der Waals surface area (Å²) in [7, 11) is 1.72. The summed E-state index contributed by atoms with van der Waals surface area (Å²) in [4.78, 5) is 28.8. The van der Waals surface area contributed by atoms with Crippen molar-refractivity contribution in [3.05, 3.63) is 64.2 Å². The minimum absolute atomic E-state index is 0.0179. The van der Waals surface area contributed by atoms with Crippen LogP contribution in [0.5, 0.6) is 0 Å². The number of hydrogen-bond acceptors (Lipinski definition) is 4. The van der Waals surface area contributed by atoms with Crippen LogP contribution in [-0.2, 0) is 11.8 Å². The van der Waals surface area contributed by atoms with Crippen LogP contribution >= 0.6 is 11.8 Å². The zero-order valence-corrected chi connectivity index (χ0v) is 13.9. The fourth-order valence-electron chi connectivity index (χ4n) is 2.82. The Morgan fingerprint density at radius 3 is 2.92 bits per heavy atom. The van der Waals surface area contributed by atoms with Crippen molar-refractivity contribution in [2.75, 3.05) is 11.1 Å². The van der Waals surface area contributed by atoms with Crippen LogP contribution in [0.25, 0.3) is 0 Å². The van der Waals surface area contributed by atoms with E-state index in [2.05, 4.69) is 16.9 Å². The molecule has 5 nitrogen and oxygen atoms in total. The number of fused-ring (bicyclic) bond motifs is 1. The number of anilines is 1. The van der Waals surface area contributed by atoms with Gasteiger partial charge in [0.2, 0.25) is 5.91 Å². The second-order valence-corrected chi connectivity index (χ2v) is 6.43. The number of carbonyl (C=O) groups is 1. The Hall–Kier alpha value is -2.41. The maximum absolute atomic E-state index is 14.2. The summed E-state index contributed by atoms with van der Waals surface area (Å²) in [6.07, 6.45) is 1.72. The Morgan fingerprint density at radius 2 is 2.21 bits per heavy atom. The molecule has 0 aliphatic carbocycles. The van der Waals surface area contributed by atoms with Gasteiger partial charge in [-0.1, -0.05) is 36.0 Å². The number of aromatic nitrogens is 2. The minimum atomic E-state index is -0.639. The fourth-order valence-corrected chi connectivity index (χ4v) is 3.52. The summed E-state index contributed by atoms with van der Waals surface area (Å²) in [5, 5.41) is 3.21. The molecule has 1 aromatic heterocycles. The van der Waals surface area contributed by atoms with Gasteiger partial charge in [-0.15, -0.1) is 6.58 Å². The zero-order chi connectivity index (χ0) is 17.3. The van der Waals surface area contributed by atoms with E-state index in [0.29, 0.717) is 27.9 Å². The summed E-state index contributed by atoms with van der Waals surface area (Å²) in [6.45, 7) is 3.64. The molecule has 1 aliphatic heterocycles. The molecule has 1 aromatic carbocycles. The van der Waals surface area contributed by atoms with E-state index in [9.17, 15) is 14.0 Å². The summed E-state index contributed by atoms with van der Waals surface area (Å²) in [6, 6.07) is 6.20. The zero-order valence-electron chi connectivity index (χ0n) is 13.1. The van der Waals surface area contributed by atoms with Gasteiger partial charge in [0.05, 0.1) is 5.56 Å². The standard InChI is InChI=1S/C17H16FN3O2S/c1-3-8-24-17-20-16(23)14-11(10-6-4-5-7-12(10)18)9-13(22)19-15(14)21(17)2/h3-7,11H,1,8-9H2,2H3,(H,19,22)/t11-/m0/s1. The molecule has 0 spiro atoms. The van der Waals surface area contributed by atoms with Crippen LogP contribution < -0.4 is 10.9 Å². The van der Waals surface area contributed by atoms with Crippen molar-refractivity contribution in [2.24, 2.45) is 7.05 Å². The highest BCUT2D eigenvalue weighted by atomic mass is 32.2. The molecule has 1 atom stereocenters. The maximum atomic E-state index is 14.2. The third kappa shape index (κ3) is 2.87.